The lowest BCUT2D eigenvalue weighted by molar-refractivity contribution is -0.0159. The van der Waals surface area contributed by atoms with Crippen molar-refractivity contribution in [3.8, 4) is 11.5 Å². The quantitative estimate of drug-likeness (QED) is 0.539. The van der Waals surface area contributed by atoms with E-state index < -0.39 is 6.10 Å². The summed E-state index contributed by atoms with van der Waals surface area (Å²) >= 11 is 0. The first-order valence-corrected chi connectivity index (χ1v) is 9.97. The van der Waals surface area contributed by atoms with Crippen LogP contribution in [0, 0.1) is 0 Å². The van der Waals surface area contributed by atoms with Crippen LogP contribution < -0.4 is 9.47 Å². The van der Waals surface area contributed by atoms with Crippen molar-refractivity contribution < 1.29 is 24.1 Å². The summed E-state index contributed by atoms with van der Waals surface area (Å²) in [7, 11) is 7.23. The smallest absolute Gasteiger partial charge is 0.124 e. The van der Waals surface area contributed by atoms with Crippen LogP contribution in [0.1, 0.15) is 18.4 Å². The third-order valence-corrected chi connectivity index (χ3v) is 4.84. The van der Waals surface area contributed by atoms with Gasteiger partial charge in [-0.05, 0) is 45.1 Å². The molecule has 0 bridgehead atoms. The summed E-state index contributed by atoms with van der Waals surface area (Å²) in [6.45, 7) is 4.90. The fourth-order valence-electron chi connectivity index (χ4n) is 3.38. The molecule has 0 aromatic heterocycles. The predicted octanol–water partition coefficient (Wildman–Crippen LogP) is 1.62. The summed E-state index contributed by atoms with van der Waals surface area (Å²) in [6, 6.07) is 5.85. The Labute approximate surface area is 169 Å². The van der Waals surface area contributed by atoms with Crippen molar-refractivity contribution in [3.63, 3.8) is 0 Å². The number of hydrogen-bond donors (Lipinski definition) is 1. The van der Waals surface area contributed by atoms with E-state index in [2.05, 4.69) is 4.90 Å². The number of methoxy groups -OCH3 is 2. The third kappa shape index (κ3) is 7.93. The van der Waals surface area contributed by atoms with Crippen LogP contribution in [-0.4, -0.2) is 94.9 Å². The topological polar surface area (TPSA) is 63.6 Å². The van der Waals surface area contributed by atoms with Crippen molar-refractivity contribution in [3.05, 3.63) is 23.8 Å². The van der Waals surface area contributed by atoms with Crippen LogP contribution in [0.2, 0.25) is 0 Å². The first-order chi connectivity index (χ1) is 13.5. The largest absolute Gasteiger partial charge is 0.497 e. The molecular formula is C21H36N2O5. The molecule has 0 saturated carbocycles. The van der Waals surface area contributed by atoms with E-state index in [9.17, 15) is 5.11 Å². The van der Waals surface area contributed by atoms with Gasteiger partial charge >= 0.3 is 0 Å². The van der Waals surface area contributed by atoms with E-state index in [0.717, 1.165) is 49.5 Å². The Bertz CT molecular complexity index is 562. The number of benzene rings is 1. The normalized spacial score (nSPS) is 17.1. The van der Waals surface area contributed by atoms with E-state index in [1.165, 1.54) is 0 Å². The summed E-state index contributed by atoms with van der Waals surface area (Å²) in [4.78, 5) is 4.36. The molecule has 0 radical (unpaired) electrons. The van der Waals surface area contributed by atoms with Gasteiger partial charge in [-0.15, -0.1) is 0 Å². The average Bonchev–Trinajstić information content (AvgIpc) is 2.68. The Hall–Kier alpha value is -1.38. The highest BCUT2D eigenvalue weighted by molar-refractivity contribution is 5.40. The Morgan fingerprint density at radius 2 is 1.93 bits per heavy atom. The van der Waals surface area contributed by atoms with Crippen molar-refractivity contribution in [1.82, 2.24) is 9.80 Å². The Balaban J connectivity index is 1.90. The fraction of sp³-hybridized carbons (Fsp3) is 0.714. The van der Waals surface area contributed by atoms with E-state index in [4.69, 9.17) is 18.9 Å². The van der Waals surface area contributed by atoms with Crippen molar-refractivity contribution in [2.75, 3.05) is 67.8 Å². The summed E-state index contributed by atoms with van der Waals surface area (Å²) in [5.41, 5.74) is 1.08. The van der Waals surface area contributed by atoms with Gasteiger partial charge in [-0.3, -0.25) is 4.90 Å². The molecule has 1 heterocycles. The molecule has 1 fully saturated rings. The second-order valence-electron chi connectivity index (χ2n) is 7.54. The van der Waals surface area contributed by atoms with E-state index in [1.54, 1.807) is 14.2 Å². The van der Waals surface area contributed by atoms with Gasteiger partial charge in [0.05, 0.1) is 26.4 Å². The zero-order valence-electron chi connectivity index (χ0n) is 17.7. The van der Waals surface area contributed by atoms with Gasteiger partial charge in [-0.1, -0.05) is 0 Å². The number of likely N-dealkylation sites (N-methyl/N-ethyl adjacent to an activating group) is 1. The van der Waals surface area contributed by atoms with Crippen LogP contribution in [0.3, 0.4) is 0 Å². The molecule has 0 spiro atoms. The minimum absolute atomic E-state index is 0.271. The van der Waals surface area contributed by atoms with E-state index >= 15 is 0 Å². The van der Waals surface area contributed by atoms with Crippen molar-refractivity contribution in [2.45, 2.75) is 31.6 Å². The molecule has 1 N–H and O–H groups in total. The average molecular weight is 397 g/mol. The number of aliphatic hydroxyl groups excluding tert-OH is 1. The first kappa shape index (κ1) is 22.9. The van der Waals surface area contributed by atoms with Gasteiger partial charge in [-0.2, -0.15) is 0 Å². The van der Waals surface area contributed by atoms with E-state index in [0.29, 0.717) is 25.9 Å². The molecule has 0 unspecified atom stereocenters. The van der Waals surface area contributed by atoms with Gasteiger partial charge in [0.2, 0.25) is 0 Å². The van der Waals surface area contributed by atoms with E-state index in [1.807, 2.05) is 37.2 Å². The summed E-state index contributed by atoms with van der Waals surface area (Å²) in [5.74, 6) is 1.62. The van der Waals surface area contributed by atoms with Crippen LogP contribution in [0.5, 0.6) is 11.5 Å². The highest BCUT2D eigenvalue weighted by Gasteiger charge is 2.21. The number of ether oxygens (including phenoxy) is 4. The maximum Gasteiger partial charge on any atom is 0.124 e. The van der Waals surface area contributed by atoms with E-state index in [-0.39, 0.29) is 6.61 Å². The zero-order chi connectivity index (χ0) is 20.4. The second-order valence-corrected chi connectivity index (χ2v) is 7.54. The number of nitrogens with zero attached hydrogens (tertiary/aromatic N) is 2. The van der Waals surface area contributed by atoms with Crippen LogP contribution in [0.25, 0.3) is 0 Å². The summed E-state index contributed by atoms with van der Waals surface area (Å²) < 4.78 is 22.2. The molecule has 0 aliphatic carbocycles. The number of piperidine rings is 1. The molecule has 160 valence electrons. The molecule has 0 amide bonds. The lowest BCUT2D eigenvalue weighted by atomic mass is 10.1. The fourth-order valence-corrected chi connectivity index (χ4v) is 3.38. The number of rotatable bonds is 12. The number of likely N-dealkylation sites (tertiary alicyclic amines) is 1. The first-order valence-electron chi connectivity index (χ1n) is 9.97. The van der Waals surface area contributed by atoms with Gasteiger partial charge in [0, 0.05) is 38.9 Å². The van der Waals surface area contributed by atoms with Crippen molar-refractivity contribution in [1.29, 1.82) is 0 Å². The van der Waals surface area contributed by atoms with Gasteiger partial charge in [0.25, 0.3) is 0 Å². The molecule has 7 nitrogen and oxygen atoms in total. The molecular weight excluding hydrogens is 360 g/mol. The number of hydrogen-bond acceptors (Lipinski definition) is 7. The van der Waals surface area contributed by atoms with Crippen LogP contribution in [0.15, 0.2) is 18.2 Å². The lowest BCUT2D eigenvalue weighted by Crippen LogP contribution is -2.37. The maximum absolute atomic E-state index is 10.1. The lowest BCUT2D eigenvalue weighted by Gasteiger charge is -2.32. The molecule has 1 atom stereocenters. The van der Waals surface area contributed by atoms with Crippen LogP contribution in [0.4, 0.5) is 0 Å². The SMILES string of the molecule is COCCOC1CCN(Cc2cc(OC)ccc2OC[C@H](O)CN(C)C)CC1. The maximum atomic E-state index is 10.1. The van der Waals surface area contributed by atoms with Gasteiger partial charge in [-0.25, -0.2) is 0 Å². The predicted molar refractivity (Wildman–Crippen MR) is 109 cm³/mol. The minimum Gasteiger partial charge on any atom is -0.497 e. The highest BCUT2D eigenvalue weighted by Crippen LogP contribution is 2.27. The Morgan fingerprint density at radius 1 is 1.18 bits per heavy atom. The standard InChI is InChI=1S/C21H36N2O5/c1-22(2)15-18(24)16-28-21-6-5-20(26-4)13-17(21)14-23-9-7-19(8-10-23)27-12-11-25-3/h5-6,13,18-19,24H,7-12,14-16H2,1-4H3/t18-/m1/s1. The number of aliphatic hydroxyl groups is 1. The Morgan fingerprint density at radius 3 is 2.57 bits per heavy atom. The van der Waals surface area contributed by atoms with Crippen LogP contribution >= 0.6 is 0 Å². The summed E-state index contributed by atoms with van der Waals surface area (Å²) in [5, 5.41) is 10.1. The Kier molecular flexibility index (Phi) is 10.0. The molecule has 1 aromatic carbocycles. The van der Waals surface area contributed by atoms with Gasteiger partial charge in [0.15, 0.2) is 0 Å². The monoisotopic (exact) mass is 396 g/mol. The van der Waals surface area contributed by atoms with Gasteiger partial charge in [0.1, 0.15) is 24.2 Å². The third-order valence-electron chi connectivity index (χ3n) is 4.84. The van der Waals surface area contributed by atoms with Crippen LogP contribution in [-0.2, 0) is 16.0 Å². The molecule has 1 aromatic rings. The van der Waals surface area contributed by atoms with Crippen molar-refractivity contribution in [2.24, 2.45) is 0 Å². The van der Waals surface area contributed by atoms with Gasteiger partial charge < -0.3 is 29.0 Å². The molecule has 2 rings (SSSR count). The summed E-state index contributed by atoms with van der Waals surface area (Å²) in [6.07, 6.45) is 1.83. The molecule has 1 aliphatic heterocycles. The zero-order valence-corrected chi connectivity index (χ0v) is 17.7. The highest BCUT2D eigenvalue weighted by atomic mass is 16.5. The van der Waals surface area contributed by atoms with Crippen molar-refractivity contribution >= 4 is 0 Å². The minimum atomic E-state index is -0.523. The molecule has 28 heavy (non-hydrogen) atoms. The second kappa shape index (κ2) is 12.2. The molecule has 7 heteroatoms. The molecule has 1 saturated heterocycles. The molecule has 1 aliphatic rings.